The standard InChI is InChI=1S/C29H30N4O3/c1-31(2)23-13-11-21(12-14-23)26(32-16-15-20-7-3-4-8-22(20)18-32)17-30-27(34)19-33-28(35)24-9-5-6-10-25(24)29(33)36/h3-14,26H,15-19H2,1-2H3,(H,30,34)/t26-/m0/s1. The average Bonchev–Trinajstić information content (AvgIpc) is 3.14. The second-order valence-corrected chi connectivity index (χ2v) is 9.54. The lowest BCUT2D eigenvalue weighted by molar-refractivity contribution is -0.121. The van der Waals surface area contributed by atoms with E-state index in [1.165, 1.54) is 11.1 Å². The highest BCUT2D eigenvalue weighted by Gasteiger charge is 2.36. The number of carbonyl (C=O) groups is 3. The Morgan fingerprint density at radius 2 is 1.50 bits per heavy atom. The van der Waals surface area contributed by atoms with Crippen LogP contribution >= 0.6 is 0 Å². The van der Waals surface area contributed by atoms with Gasteiger partial charge in [-0.1, -0.05) is 48.5 Å². The minimum absolute atomic E-state index is 0.0410. The molecule has 0 spiro atoms. The molecule has 0 bridgehead atoms. The topological polar surface area (TPSA) is 73.0 Å². The molecule has 3 aromatic carbocycles. The SMILES string of the molecule is CN(C)c1ccc([C@H](CNC(=O)CN2C(=O)c3ccccc3C2=O)N2CCc3ccccc3C2)cc1. The van der Waals surface area contributed by atoms with Crippen molar-refractivity contribution in [2.45, 2.75) is 19.0 Å². The molecule has 2 heterocycles. The summed E-state index contributed by atoms with van der Waals surface area (Å²) in [7, 11) is 4.01. The smallest absolute Gasteiger partial charge is 0.262 e. The predicted octanol–water partition coefficient (Wildman–Crippen LogP) is 3.26. The zero-order valence-corrected chi connectivity index (χ0v) is 20.6. The van der Waals surface area contributed by atoms with E-state index in [1.54, 1.807) is 24.3 Å². The van der Waals surface area contributed by atoms with Gasteiger partial charge in [0.25, 0.3) is 11.8 Å². The quantitative estimate of drug-likeness (QED) is 0.524. The van der Waals surface area contributed by atoms with Crippen LogP contribution in [0.15, 0.2) is 72.8 Å². The van der Waals surface area contributed by atoms with Crippen LogP contribution in [0.5, 0.6) is 0 Å². The number of hydrogen-bond acceptors (Lipinski definition) is 5. The lowest BCUT2D eigenvalue weighted by atomic mass is 9.96. The van der Waals surface area contributed by atoms with E-state index in [2.05, 4.69) is 63.6 Å². The van der Waals surface area contributed by atoms with Crippen molar-refractivity contribution in [3.8, 4) is 0 Å². The Balaban J connectivity index is 1.31. The Labute approximate surface area is 211 Å². The second-order valence-electron chi connectivity index (χ2n) is 9.54. The molecule has 7 heteroatoms. The highest BCUT2D eigenvalue weighted by Crippen LogP contribution is 2.29. The summed E-state index contributed by atoms with van der Waals surface area (Å²) in [5.74, 6) is -1.19. The molecule has 5 rings (SSSR count). The molecule has 1 N–H and O–H groups in total. The first-order valence-electron chi connectivity index (χ1n) is 12.2. The molecule has 0 saturated heterocycles. The number of rotatable bonds is 7. The van der Waals surface area contributed by atoms with Crippen LogP contribution in [0.2, 0.25) is 0 Å². The van der Waals surface area contributed by atoms with Crippen molar-refractivity contribution in [3.05, 3.63) is 101 Å². The van der Waals surface area contributed by atoms with Crippen LogP contribution in [0.4, 0.5) is 5.69 Å². The first-order valence-corrected chi connectivity index (χ1v) is 12.2. The molecule has 3 amide bonds. The van der Waals surface area contributed by atoms with Gasteiger partial charge < -0.3 is 10.2 Å². The van der Waals surface area contributed by atoms with Gasteiger partial charge in [-0.3, -0.25) is 24.2 Å². The van der Waals surface area contributed by atoms with E-state index in [4.69, 9.17) is 0 Å². The Hall–Kier alpha value is -3.97. The van der Waals surface area contributed by atoms with Crippen LogP contribution in [0.1, 0.15) is 43.4 Å². The van der Waals surface area contributed by atoms with Gasteiger partial charge in [0.2, 0.25) is 5.91 Å². The van der Waals surface area contributed by atoms with E-state index >= 15 is 0 Å². The van der Waals surface area contributed by atoms with Gasteiger partial charge in [-0.15, -0.1) is 0 Å². The molecule has 36 heavy (non-hydrogen) atoms. The number of fused-ring (bicyclic) bond motifs is 2. The van der Waals surface area contributed by atoms with Crippen molar-refractivity contribution in [2.75, 3.05) is 38.6 Å². The molecule has 0 aliphatic carbocycles. The van der Waals surface area contributed by atoms with Crippen LogP contribution in [-0.2, 0) is 17.8 Å². The summed E-state index contributed by atoms with van der Waals surface area (Å²) in [4.78, 5) is 43.7. The zero-order valence-electron chi connectivity index (χ0n) is 20.6. The summed E-state index contributed by atoms with van der Waals surface area (Å²) in [5.41, 5.74) is 5.58. The number of carbonyl (C=O) groups excluding carboxylic acids is 3. The lowest BCUT2D eigenvalue weighted by Crippen LogP contribution is -2.44. The van der Waals surface area contributed by atoms with E-state index in [0.29, 0.717) is 17.7 Å². The largest absolute Gasteiger partial charge is 0.378 e. The third kappa shape index (κ3) is 4.62. The number of nitrogens with zero attached hydrogens (tertiary/aromatic N) is 3. The van der Waals surface area contributed by atoms with E-state index < -0.39 is 11.8 Å². The second kappa shape index (κ2) is 9.95. The first-order chi connectivity index (χ1) is 17.4. The van der Waals surface area contributed by atoms with Crippen molar-refractivity contribution < 1.29 is 14.4 Å². The summed E-state index contributed by atoms with van der Waals surface area (Å²) < 4.78 is 0. The number of benzene rings is 3. The van der Waals surface area contributed by atoms with Gasteiger partial charge in [0.15, 0.2) is 0 Å². The normalized spacial score (nSPS) is 15.9. The number of imide groups is 1. The third-order valence-corrected chi connectivity index (χ3v) is 7.07. The molecule has 2 aliphatic heterocycles. The molecular formula is C29H30N4O3. The minimum Gasteiger partial charge on any atom is -0.378 e. The zero-order chi connectivity index (χ0) is 25.2. The van der Waals surface area contributed by atoms with Gasteiger partial charge in [0.05, 0.1) is 17.2 Å². The van der Waals surface area contributed by atoms with Crippen molar-refractivity contribution in [1.29, 1.82) is 0 Å². The maximum Gasteiger partial charge on any atom is 0.262 e. The monoisotopic (exact) mass is 482 g/mol. The highest BCUT2D eigenvalue weighted by atomic mass is 16.2. The van der Waals surface area contributed by atoms with Crippen LogP contribution in [0.25, 0.3) is 0 Å². The molecular weight excluding hydrogens is 452 g/mol. The van der Waals surface area contributed by atoms with E-state index in [1.807, 2.05) is 14.1 Å². The van der Waals surface area contributed by atoms with Gasteiger partial charge >= 0.3 is 0 Å². The van der Waals surface area contributed by atoms with Crippen molar-refractivity contribution in [1.82, 2.24) is 15.1 Å². The molecule has 3 aromatic rings. The number of hydrogen-bond donors (Lipinski definition) is 1. The molecule has 1 atom stereocenters. The van der Waals surface area contributed by atoms with Crippen LogP contribution < -0.4 is 10.2 Å². The van der Waals surface area contributed by atoms with Gasteiger partial charge in [-0.25, -0.2) is 0 Å². The molecule has 184 valence electrons. The summed E-state index contributed by atoms with van der Waals surface area (Å²) in [6, 6.07) is 23.5. The summed E-state index contributed by atoms with van der Waals surface area (Å²) in [5, 5.41) is 3.00. The van der Waals surface area contributed by atoms with Crippen molar-refractivity contribution >= 4 is 23.4 Å². The minimum atomic E-state index is -0.422. The molecule has 0 saturated carbocycles. The first kappa shape index (κ1) is 23.8. The Morgan fingerprint density at radius 1 is 0.889 bits per heavy atom. The van der Waals surface area contributed by atoms with Crippen LogP contribution in [0.3, 0.4) is 0 Å². The summed E-state index contributed by atoms with van der Waals surface area (Å²) in [6.07, 6.45) is 0.950. The molecule has 0 aromatic heterocycles. The van der Waals surface area contributed by atoms with E-state index in [-0.39, 0.29) is 18.5 Å². The van der Waals surface area contributed by atoms with E-state index in [9.17, 15) is 14.4 Å². The molecule has 2 aliphatic rings. The maximum atomic E-state index is 12.9. The average molecular weight is 483 g/mol. The Morgan fingerprint density at radius 3 is 2.14 bits per heavy atom. The summed E-state index contributed by atoms with van der Waals surface area (Å²) >= 11 is 0. The molecule has 0 fully saturated rings. The van der Waals surface area contributed by atoms with Crippen molar-refractivity contribution in [2.24, 2.45) is 0 Å². The molecule has 7 nitrogen and oxygen atoms in total. The van der Waals surface area contributed by atoms with Crippen LogP contribution in [0, 0.1) is 0 Å². The van der Waals surface area contributed by atoms with Crippen molar-refractivity contribution in [3.63, 3.8) is 0 Å². The van der Waals surface area contributed by atoms with E-state index in [0.717, 1.165) is 35.7 Å². The number of anilines is 1. The lowest BCUT2D eigenvalue weighted by Gasteiger charge is -2.36. The Kier molecular flexibility index (Phi) is 6.57. The van der Waals surface area contributed by atoms with Gasteiger partial charge in [0, 0.05) is 39.4 Å². The number of amides is 3. The van der Waals surface area contributed by atoms with Gasteiger partial charge in [-0.2, -0.15) is 0 Å². The Bertz CT molecular complexity index is 1270. The third-order valence-electron chi connectivity index (χ3n) is 7.07. The highest BCUT2D eigenvalue weighted by molar-refractivity contribution is 6.22. The fourth-order valence-electron chi connectivity index (χ4n) is 5.03. The molecule has 0 radical (unpaired) electrons. The number of nitrogens with one attached hydrogen (secondary N) is 1. The predicted molar refractivity (Wildman–Crippen MR) is 139 cm³/mol. The van der Waals surface area contributed by atoms with Crippen LogP contribution in [-0.4, -0.2) is 61.3 Å². The fourth-order valence-corrected chi connectivity index (χ4v) is 5.03. The fraction of sp³-hybridized carbons (Fsp3) is 0.276. The van der Waals surface area contributed by atoms with Gasteiger partial charge in [-0.05, 0) is 47.4 Å². The maximum absolute atomic E-state index is 12.9. The molecule has 0 unspecified atom stereocenters. The van der Waals surface area contributed by atoms with Gasteiger partial charge in [0.1, 0.15) is 6.54 Å². The summed E-state index contributed by atoms with van der Waals surface area (Å²) in [6.45, 7) is 1.77.